The van der Waals surface area contributed by atoms with Crippen LogP contribution in [0.5, 0.6) is 0 Å². The lowest BCUT2D eigenvalue weighted by Gasteiger charge is -2.13. The van der Waals surface area contributed by atoms with E-state index < -0.39 is 44.6 Å². The van der Waals surface area contributed by atoms with Gasteiger partial charge < -0.3 is 0 Å². The Morgan fingerprint density at radius 3 is 2.44 bits per heavy atom. The molecule has 174 valence electrons. The molecule has 0 spiro atoms. The summed E-state index contributed by atoms with van der Waals surface area (Å²) in [6.07, 6.45) is 0.956. The van der Waals surface area contributed by atoms with Crippen LogP contribution in [-0.4, -0.2) is 24.3 Å². The minimum Gasteiger partial charge on any atom is -0.298 e. The van der Waals surface area contributed by atoms with Gasteiger partial charge in [0.15, 0.2) is 16.0 Å². The summed E-state index contributed by atoms with van der Waals surface area (Å²) in [6.45, 7) is 0. The van der Waals surface area contributed by atoms with E-state index in [1.54, 1.807) is 5.38 Å². The molecule has 0 aliphatic heterocycles. The standard InChI is InChI=1S/C22H13ClF3N3O3S2/c23-13-1-4-15(5-2-13)34(31,32)21-18(26)11-16(20(30)29-22-27-7-8-33-22)19(28-21)10-12-9-14(24)3-6-17(12)25/h1-9,11H,10H2,(H,27,29,30). The van der Waals surface area contributed by atoms with Crippen molar-refractivity contribution in [2.75, 3.05) is 5.32 Å². The fraction of sp³-hybridized carbons (Fsp3) is 0.0455. The van der Waals surface area contributed by atoms with E-state index in [2.05, 4.69) is 15.3 Å². The number of sulfone groups is 1. The molecule has 2 heterocycles. The third-order valence-electron chi connectivity index (χ3n) is 4.66. The van der Waals surface area contributed by atoms with Gasteiger partial charge in [-0.25, -0.2) is 31.6 Å². The number of aromatic nitrogens is 2. The van der Waals surface area contributed by atoms with Gasteiger partial charge in [-0.2, -0.15) is 0 Å². The maximum Gasteiger partial charge on any atom is 0.259 e. The quantitative estimate of drug-likeness (QED) is 0.371. The molecule has 0 saturated heterocycles. The van der Waals surface area contributed by atoms with Crippen molar-refractivity contribution in [3.05, 3.63) is 99.4 Å². The number of thiazole rings is 1. The van der Waals surface area contributed by atoms with E-state index in [4.69, 9.17) is 11.6 Å². The van der Waals surface area contributed by atoms with Crippen LogP contribution in [0, 0.1) is 17.5 Å². The Hall–Kier alpha value is -3.28. The van der Waals surface area contributed by atoms with Crippen LogP contribution in [0.25, 0.3) is 0 Å². The lowest BCUT2D eigenvalue weighted by molar-refractivity contribution is 0.102. The first-order valence-electron chi connectivity index (χ1n) is 9.50. The molecule has 1 N–H and O–H groups in total. The molecule has 0 saturated carbocycles. The van der Waals surface area contributed by atoms with Gasteiger partial charge in [0.05, 0.1) is 16.2 Å². The molecule has 4 rings (SSSR count). The summed E-state index contributed by atoms with van der Waals surface area (Å²) in [5.41, 5.74) is -0.823. The van der Waals surface area contributed by atoms with Crippen molar-refractivity contribution < 1.29 is 26.4 Å². The lowest BCUT2D eigenvalue weighted by atomic mass is 10.0. The van der Waals surface area contributed by atoms with Gasteiger partial charge in [-0.1, -0.05) is 11.6 Å². The van der Waals surface area contributed by atoms with Crippen LogP contribution in [0.2, 0.25) is 5.02 Å². The lowest BCUT2D eigenvalue weighted by Crippen LogP contribution is -2.19. The Bertz CT molecular complexity index is 1480. The number of carbonyl (C=O) groups excluding carboxylic acids is 1. The average molecular weight is 524 g/mol. The number of hydrogen-bond acceptors (Lipinski definition) is 6. The van der Waals surface area contributed by atoms with Crippen LogP contribution < -0.4 is 5.32 Å². The number of nitrogens with one attached hydrogen (secondary N) is 1. The largest absolute Gasteiger partial charge is 0.298 e. The van der Waals surface area contributed by atoms with Crippen molar-refractivity contribution >= 4 is 43.8 Å². The zero-order valence-electron chi connectivity index (χ0n) is 16.9. The van der Waals surface area contributed by atoms with Gasteiger partial charge in [-0.05, 0) is 54.1 Å². The van der Waals surface area contributed by atoms with Crippen molar-refractivity contribution in [1.82, 2.24) is 9.97 Å². The zero-order valence-corrected chi connectivity index (χ0v) is 19.3. The molecule has 0 bridgehead atoms. The van der Waals surface area contributed by atoms with E-state index in [0.29, 0.717) is 6.07 Å². The van der Waals surface area contributed by atoms with Crippen molar-refractivity contribution in [2.24, 2.45) is 0 Å². The van der Waals surface area contributed by atoms with Crippen LogP contribution >= 0.6 is 22.9 Å². The van der Waals surface area contributed by atoms with E-state index in [9.17, 15) is 22.0 Å². The highest BCUT2D eigenvalue weighted by molar-refractivity contribution is 7.91. The normalized spacial score (nSPS) is 11.4. The van der Waals surface area contributed by atoms with E-state index in [1.807, 2.05) is 0 Å². The van der Waals surface area contributed by atoms with E-state index >= 15 is 4.39 Å². The summed E-state index contributed by atoms with van der Waals surface area (Å²) in [5.74, 6) is -3.69. The van der Waals surface area contributed by atoms with Crippen molar-refractivity contribution in [2.45, 2.75) is 16.3 Å². The number of carbonyl (C=O) groups is 1. The second kappa shape index (κ2) is 9.53. The van der Waals surface area contributed by atoms with Gasteiger partial charge in [-0.15, -0.1) is 11.3 Å². The van der Waals surface area contributed by atoms with Gasteiger partial charge in [0, 0.05) is 23.0 Å². The summed E-state index contributed by atoms with van der Waals surface area (Å²) >= 11 is 6.89. The number of rotatable bonds is 6. The SMILES string of the molecule is O=C(Nc1nccs1)c1cc(F)c(S(=O)(=O)c2ccc(Cl)cc2)nc1Cc1cc(F)ccc1F. The third-order valence-corrected chi connectivity index (χ3v) is 7.29. The molecular formula is C22H13ClF3N3O3S2. The van der Waals surface area contributed by atoms with E-state index in [0.717, 1.165) is 29.5 Å². The van der Waals surface area contributed by atoms with Gasteiger partial charge in [0.25, 0.3) is 5.91 Å². The smallest absolute Gasteiger partial charge is 0.259 e. The summed E-state index contributed by atoms with van der Waals surface area (Å²) in [7, 11) is -4.47. The number of nitrogens with zero attached hydrogens (tertiary/aromatic N) is 2. The zero-order chi connectivity index (χ0) is 24.5. The van der Waals surface area contributed by atoms with Crippen molar-refractivity contribution in [3.63, 3.8) is 0 Å². The van der Waals surface area contributed by atoms with Crippen LogP contribution in [0.1, 0.15) is 21.6 Å². The Labute approximate surface area is 201 Å². The Morgan fingerprint density at radius 2 is 1.76 bits per heavy atom. The molecule has 12 heteroatoms. The van der Waals surface area contributed by atoms with Gasteiger partial charge in [0.2, 0.25) is 9.84 Å². The predicted molar refractivity (Wildman–Crippen MR) is 120 cm³/mol. The highest BCUT2D eigenvalue weighted by atomic mass is 35.5. The highest BCUT2D eigenvalue weighted by Gasteiger charge is 2.28. The van der Waals surface area contributed by atoms with Crippen LogP contribution in [0.3, 0.4) is 0 Å². The predicted octanol–water partition coefficient (Wildman–Crippen LogP) is 5.28. The molecule has 4 aromatic rings. The first kappa shape index (κ1) is 23.9. The Morgan fingerprint density at radius 1 is 1.03 bits per heavy atom. The maximum absolute atomic E-state index is 15.0. The molecule has 0 unspecified atom stereocenters. The number of benzene rings is 2. The Balaban J connectivity index is 1.84. The second-order valence-electron chi connectivity index (χ2n) is 6.93. The van der Waals surface area contributed by atoms with Gasteiger partial charge in [-0.3, -0.25) is 10.1 Å². The number of amides is 1. The number of pyridine rings is 1. The molecule has 0 aliphatic rings. The summed E-state index contributed by atoms with van der Waals surface area (Å²) < 4.78 is 69.1. The molecule has 0 fully saturated rings. The maximum atomic E-state index is 15.0. The van der Waals surface area contributed by atoms with E-state index in [1.165, 1.54) is 30.5 Å². The van der Waals surface area contributed by atoms with Crippen LogP contribution in [0.4, 0.5) is 18.3 Å². The average Bonchev–Trinajstić information content (AvgIpc) is 3.30. The van der Waals surface area contributed by atoms with E-state index in [-0.39, 0.29) is 31.9 Å². The first-order valence-corrected chi connectivity index (χ1v) is 12.2. The fourth-order valence-corrected chi connectivity index (χ4v) is 4.98. The summed E-state index contributed by atoms with van der Waals surface area (Å²) in [5, 5.41) is 3.54. The first-order chi connectivity index (χ1) is 16.1. The fourth-order valence-electron chi connectivity index (χ4n) is 3.06. The highest BCUT2D eigenvalue weighted by Crippen LogP contribution is 2.27. The molecular weight excluding hydrogens is 511 g/mol. The minimum atomic E-state index is -4.47. The molecule has 6 nitrogen and oxygen atoms in total. The summed E-state index contributed by atoms with van der Waals surface area (Å²) in [4.78, 5) is 20.3. The van der Waals surface area contributed by atoms with Crippen molar-refractivity contribution in [1.29, 1.82) is 0 Å². The number of anilines is 1. The minimum absolute atomic E-state index is 0.197. The molecule has 2 aromatic carbocycles. The van der Waals surface area contributed by atoms with Crippen LogP contribution in [-0.2, 0) is 16.3 Å². The number of hydrogen-bond donors (Lipinski definition) is 1. The molecule has 1 amide bonds. The Kier molecular flexibility index (Phi) is 6.69. The third kappa shape index (κ3) is 4.96. The molecule has 0 atom stereocenters. The van der Waals surface area contributed by atoms with Crippen LogP contribution in [0.15, 0.2) is 70.0 Å². The molecule has 34 heavy (non-hydrogen) atoms. The summed E-state index contributed by atoms with van der Waals surface area (Å²) in [6, 6.07) is 8.35. The second-order valence-corrected chi connectivity index (χ2v) is 10.1. The number of halogens is 4. The van der Waals surface area contributed by atoms with Gasteiger partial charge >= 0.3 is 0 Å². The van der Waals surface area contributed by atoms with Gasteiger partial charge in [0.1, 0.15) is 11.6 Å². The monoisotopic (exact) mass is 523 g/mol. The molecule has 0 radical (unpaired) electrons. The topological polar surface area (TPSA) is 89.0 Å². The molecule has 2 aromatic heterocycles. The van der Waals surface area contributed by atoms with Crippen molar-refractivity contribution in [3.8, 4) is 0 Å². The molecule has 0 aliphatic carbocycles.